The quantitative estimate of drug-likeness (QED) is 0.357. The number of aliphatic hydroxyl groups excluding tert-OH is 1. The van der Waals surface area contributed by atoms with Gasteiger partial charge >= 0.3 is 0 Å². The summed E-state index contributed by atoms with van der Waals surface area (Å²) in [6.07, 6.45) is 9.72. The highest BCUT2D eigenvalue weighted by Crippen LogP contribution is 2.62. The lowest BCUT2D eigenvalue weighted by molar-refractivity contribution is -0.123. The van der Waals surface area contributed by atoms with E-state index in [1.165, 1.54) is 44.9 Å². The molecule has 1 unspecified atom stereocenters. The van der Waals surface area contributed by atoms with Gasteiger partial charge in [-0.25, -0.2) is 0 Å². The van der Waals surface area contributed by atoms with Gasteiger partial charge in [0.2, 0.25) is 0 Å². The van der Waals surface area contributed by atoms with E-state index in [9.17, 15) is 5.11 Å². The third-order valence-electron chi connectivity index (χ3n) is 8.12. The first-order valence-electron chi connectivity index (χ1n) is 11.1. The van der Waals surface area contributed by atoms with Crippen molar-refractivity contribution in [3.05, 3.63) is 0 Å². The van der Waals surface area contributed by atoms with Gasteiger partial charge in [0, 0.05) is 6.61 Å². The number of hydrogen-bond donors (Lipinski definition) is 1. The Kier molecular flexibility index (Phi) is 9.75. The van der Waals surface area contributed by atoms with Crippen molar-refractivity contribution < 1.29 is 5.11 Å². The second-order valence-corrected chi connectivity index (χ2v) is 10.0. The Morgan fingerprint density at radius 1 is 0.720 bits per heavy atom. The maximum atomic E-state index is 10.5. The number of hydrogen-bond acceptors (Lipinski definition) is 1. The van der Waals surface area contributed by atoms with E-state index < -0.39 is 0 Å². The second-order valence-electron chi connectivity index (χ2n) is 10.0. The van der Waals surface area contributed by atoms with Gasteiger partial charge in [0.05, 0.1) is 0 Å². The van der Waals surface area contributed by atoms with E-state index in [4.69, 9.17) is 0 Å². The Labute approximate surface area is 160 Å². The van der Waals surface area contributed by atoms with Crippen LogP contribution in [0.4, 0.5) is 0 Å². The molecule has 0 fully saturated rings. The molecule has 0 saturated carbocycles. The van der Waals surface area contributed by atoms with E-state index in [2.05, 4.69) is 69.2 Å². The Bertz CT molecular complexity index is 358. The molecule has 152 valence electrons. The van der Waals surface area contributed by atoms with Crippen LogP contribution in [-0.4, -0.2) is 11.7 Å². The zero-order valence-corrected chi connectivity index (χ0v) is 19.4. The Balaban J connectivity index is 6.35. The van der Waals surface area contributed by atoms with Gasteiger partial charge in [-0.3, -0.25) is 0 Å². The molecule has 0 spiro atoms. The van der Waals surface area contributed by atoms with Crippen LogP contribution in [-0.2, 0) is 0 Å². The molecule has 0 saturated heterocycles. The zero-order valence-electron chi connectivity index (χ0n) is 19.4. The fourth-order valence-electron chi connectivity index (χ4n) is 6.34. The molecule has 0 amide bonds. The molecule has 1 heteroatoms. The minimum Gasteiger partial charge on any atom is -0.396 e. The van der Waals surface area contributed by atoms with Crippen LogP contribution < -0.4 is 0 Å². The molecule has 0 rings (SSSR count). The summed E-state index contributed by atoms with van der Waals surface area (Å²) in [5, 5.41) is 10.5. The highest BCUT2D eigenvalue weighted by molar-refractivity contribution is 5.04. The van der Waals surface area contributed by atoms with Gasteiger partial charge in [-0.05, 0) is 66.1 Å². The minimum absolute atomic E-state index is 0.172. The Morgan fingerprint density at radius 2 is 1.20 bits per heavy atom. The molecule has 0 heterocycles. The largest absolute Gasteiger partial charge is 0.396 e. The van der Waals surface area contributed by atoms with Gasteiger partial charge in [0.1, 0.15) is 0 Å². The third kappa shape index (κ3) is 5.02. The molecule has 1 N–H and O–H groups in total. The molecular weight excluding hydrogens is 304 g/mol. The van der Waals surface area contributed by atoms with Crippen LogP contribution in [0.25, 0.3) is 0 Å². The average Bonchev–Trinajstić information content (AvgIpc) is 2.57. The van der Waals surface area contributed by atoms with Gasteiger partial charge in [-0.2, -0.15) is 0 Å². The predicted molar refractivity (Wildman–Crippen MR) is 114 cm³/mol. The lowest BCUT2D eigenvalue weighted by Gasteiger charge is -2.60. The zero-order chi connectivity index (χ0) is 19.9. The molecule has 1 atom stereocenters. The molecule has 0 aliphatic heterocycles. The van der Waals surface area contributed by atoms with Gasteiger partial charge < -0.3 is 5.11 Å². The summed E-state index contributed by atoms with van der Waals surface area (Å²) in [5.41, 5.74) is 1.04. The van der Waals surface area contributed by atoms with Crippen molar-refractivity contribution in [1.29, 1.82) is 0 Å². The topological polar surface area (TPSA) is 20.2 Å². The first kappa shape index (κ1) is 25.0. The van der Waals surface area contributed by atoms with Crippen molar-refractivity contribution in [3.8, 4) is 0 Å². The molecule has 0 aliphatic rings. The highest BCUT2D eigenvalue weighted by Gasteiger charge is 2.55. The monoisotopic (exact) mass is 354 g/mol. The van der Waals surface area contributed by atoms with Crippen LogP contribution in [0.1, 0.15) is 121 Å². The molecule has 0 aromatic carbocycles. The Morgan fingerprint density at radius 3 is 1.48 bits per heavy atom. The molecular formula is C24H50O. The third-order valence-corrected chi connectivity index (χ3v) is 8.12. The van der Waals surface area contributed by atoms with Crippen molar-refractivity contribution in [2.75, 3.05) is 6.61 Å². The number of rotatable bonds is 13. The summed E-state index contributed by atoms with van der Waals surface area (Å²) in [7, 11) is 0. The maximum Gasteiger partial charge on any atom is 0.0469 e. The van der Waals surface area contributed by atoms with Crippen LogP contribution in [0.3, 0.4) is 0 Å². The van der Waals surface area contributed by atoms with Crippen LogP contribution in [0.5, 0.6) is 0 Å². The fourth-order valence-corrected chi connectivity index (χ4v) is 6.34. The highest BCUT2D eigenvalue weighted by atomic mass is 16.3. The second kappa shape index (κ2) is 9.77. The van der Waals surface area contributed by atoms with Crippen LogP contribution >= 0.6 is 0 Å². The lowest BCUT2D eigenvalue weighted by atomic mass is 9.45. The van der Waals surface area contributed by atoms with Crippen LogP contribution in [0, 0.1) is 27.6 Å². The van der Waals surface area contributed by atoms with Gasteiger partial charge in [-0.1, -0.05) is 82.1 Å². The van der Waals surface area contributed by atoms with E-state index in [1.54, 1.807) is 0 Å². The van der Waals surface area contributed by atoms with Crippen LogP contribution in [0.2, 0.25) is 0 Å². The Hall–Kier alpha value is -0.0400. The van der Waals surface area contributed by atoms with Crippen molar-refractivity contribution in [1.82, 2.24) is 0 Å². The average molecular weight is 355 g/mol. The summed E-state index contributed by atoms with van der Waals surface area (Å²) >= 11 is 0. The molecule has 1 nitrogen and oxygen atoms in total. The summed E-state index contributed by atoms with van der Waals surface area (Å²) in [5.74, 6) is 0.359. The molecule has 0 radical (unpaired) electrons. The smallest absolute Gasteiger partial charge is 0.0469 e. The van der Waals surface area contributed by atoms with E-state index in [1.807, 2.05) is 0 Å². The summed E-state index contributed by atoms with van der Waals surface area (Å²) in [6, 6.07) is 0. The molecule has 0 bridgehead atoms. The fraction of sp³-hybridized carbons (Fsp3) is 1.00. The van der Waals surface area contributed by atoms with Crippen LogP contribution in [0.15, 0.2) is 0 Å². The van der Waals surface area contributed by atoms with Gasteiger partial charge in [0.15, 0.2) is 0 Å². The van der Waals surface area contributed by atoms with Crippen molar-refractivity contribution >= 4 is 0 Å². The first-order valence-corrected chi connectivity index (χ1v) is 11.1. The molecule has 0 aliphatic carbocycles. The standard InChI is InChI=1S/C24H50O/c1-11-17-21(7,8)19-23(13-3,14-4)24(15-5,16-6)20(18-25)22(9,10)12-2/h20,25H,11-19H2,1-10H3. The first-order chi connectivity index (χ1) is 11.5. The lowest BCUT2D eigenvalue weighted by Crippen LogP contribution is -2.53. The normalized spacial score (nSPS) is 15.5. The van der Waals surface area contributed by atoms with Gasteiger partial charge in [-0.15, -0.1) is 0 Å². The summed E-state index contributed by atoms with van der Waals surface area (Å²) < 4.78 is 0. The van der Waals surface area contributed by atoms with Crippen molar-refractivity contribution in [2.24, 2.45) is 27.6 Å². The molecule has 0 aromatic rings. The maximum absolute atomic E-state index is 10.5. The van der Waals surface area contributed by atoms with E-state index in [0.29, 0.717) is 23.4 Å². The van der Waals surface area contributed by atoms with Crippen molar-refractivity contribution in [3.63, 3.8) is 0 Å². The van der Waals surface area contributed by atoms with E-state index in [0.717, 1.165) is 6.42 Å². The van der Waals surface area contributed by atoms with E-state index in [-0.39, 0.29) is 10.8 Å². The predicted octanol–water partition coefficient (Wildman–Crippen LogP) is 7.86. The summed E-state index contributed by atoms with van der Waals surface area (Å²) in [6.45, 7) is 24.2. The summed E-state index contributed by atoms with van der Waals surface area (Å²) in [4.78, 5) is 0. The molecule has 0 aromatic heterocycles. The number of aliphatic hydroxyl groups is 1. The van der Waals surface area contributed by atoms with E-state index >= 15 is 0 Å². The minimum atomic E-state index is 0.172. The SMILES string of the molecule is CCCC(C)(C)CC(CC)(CC)C(CC)(CC)C(CO)C(C)(C)CC. The van der Waals surface area contributed by atoms with Crippen molar-refractivity contribution in [2.45, 2.75) is 121 Å². The molecule has 25 heavy (non-hydrogen) atoms. The van der Waals surface area contributed by atoms with Gasteiger partial charge in [0.25, 0.3) is 0 Å².